The highest BCUT2D eigenvalue weighted by Gasteiger charge is 2.41. The highest BCUT2D eigenvalue weighted by molar-refractivity contribution is 5.74. The highest BCUT2D eigenvalue weighted by atomic mass is 16.5. The van der Waals surface area contributed by atoms with E-state index in [9.17, 15) is 9.90 Å². The van der Waals surface area contributed by atoms with Gasteiger partial charge in [-0.2, -0.15) is 0 Å². The summed E-state index contributed by atoms with van der Waals surface area (Å²) in [5.74, 6) is -0.971. The van der Waals surface area contributed by atoms with Gasteiger partial charge in [0.05, 0.1) is 13.0 Å². The molecule has 0 fully saturated rings. The monoisotopic (exact) mass is 264 g/mol. The normalized spacial score (nSPS) is 16.0. The number of methoxy groups -OCH3 is 1. The number of rotatable bonds is 4. The fourth-order valence-corrected chi connectivity index (χ4v) is 2.72. The van der Waals surface area contributed by atoms with E-state index in [1.165, 1.54) is 7.11 Å². The van der Waals surface area contributed by atoms with E-state index >= 15 is 0 Å². The van der Waals surface area contributed by atoms with Crippen LogP contribution in [-0.4, -0.2) is 18.2 Å². The van der Waals surface area contributed by atoms with Crippen molar-refractivity contribution in [1.29, 1.82) is 0 Å². The second-order valence-electron chi connectivity index (χ2n) is 5.77. The summed E-state index contributed by atoms with van der Waals surface area (Å²) < 4.78 is 4.84. The second kappa shape index (κ2) is 5.74. The van der Waals surface area contributed by atoms with Gasteiger partial charge in [0.2, 0.25) is 0 Å². The summed E-state index contributed by atoms with van der Waals surface area (Å²) in [6.45, 7) is 9.48. The molecule has 0 aliphatic heterocycles. The van der Waals surface area contributed by atoms with Crippen LogP contribution >= 0.6 is 0 Å². The lowest BCUT2D eigenvalue weighted by atomic mass is 9.76. The van der Waals surface area contributed by atoms with Gasteiger partial charge in [0.1, 0.15) is 5.60 Å². The smallest absolute Gasteiger partial charge is 0.312 e. The summed E-state index contributed by atoms with van der Waals surface area (Å²) in [5, 5.41) is 10.9. The molecule has 1 N–H and O–H groups in total. The molecule has 0 saturated heterocycles. The Bertz CT molecular complexity index is 441. The molecular weight excluding hydrogens is 240 g/mol. The molecule has 3 nitrogen and oxygen atoms in total. The van der Waals surface area contributed by atoms with Crippen LogP contribution < -0.4 is 0 Å². The lowest BCUT2D eigenvalue weighted by Gasteiger charge is -2.34. The van der Waals surface area contributed by atoms with Gasteiger partial charge >= 0.3 is 5.97 Å². The maximum atomic E-state index is 12.0. The molecule has 3 heteroatoms. The number of hydrogen-bond acceptors (Lipinski definition) is 3. The number of carbonyl (C=O) groups excluding carboxylic acids is 1. The SMILES string of the molecule is COC(=O)C(C(C)C)C(C)(O)c1cc(C)cc(C)c1. The number of aryl methyl sites for hydroxylation is 2. The number of hydrogen-bond donors (Lipinski definition) is 1. The van der Waals surface area contributed by atoms with E-state index in [0.29, 0.717) is 0 Å². The average molecular weight is 264 g/mol. The Labute approximate surface area is 115 Å². The van der Waals surface area contributed by atoms with Crippen LogP contribution in [0.5, 0.6) is 0 Å². The molecule has 0 spiro atoms. The van der Waals surface area contributed by atoms with Crippen LogP contribution in [0, 0.1) is 25.7 Å². The average Bonchev–Trinajstić information content (AvgIpc) is 2.26. The minimum Gasteiger partial charge on any atom is -0.469 e. The first-order valence-electron chi connectivity index (χ1n) is 6.59. The first-order chi connectivity index (χ1) is 8.70. The summed E-state index contributed by atoms with van der Waals surface area (Å²) >= 11 is 0. The van der Waals surface area contributed by atoms with E-state index in [-0.39, 0.29) is 11.9 Å². The minimum atomic E-state index is -1.24. The molecule has 2 atom stereocenters. The summed E-state index contributed by atoms with van der Waals surface area (Å²) in [4.78, 5) is 12.0. The second-order valence-corrected chi connectivity index (χ2v) is 5.77. The van der Waals surface area contributed by atoms with Crippen molar-refractivity contribution in [2.75, 3.05) is 7.11 Å². The maximum absolute atomic E-state index is 12.0. The first-order valence-corrected chi connectivity index (χ1v) is 6.59. The van der Waals surface area contributed by atoms with Crippen molar-refractivity contribution in [1.82, 2.24) is 0 Å². The van der Waals surface area contributed by atoms with Crippen LogP contribution in [0.2, 0.25) is 0 Å². The third-order valence-electron chi connectivity index (χ3n) is 3.53. The number of carbonyl (C=O) groups is 1. The van der Waals surface area contributed by atoms with Gasteiger partial charge in [-0.1, -0.05) is 43.2 Å². The Balaban J connectivity index is 3.29. The number of esters is 1. The molecular formula is C16H24O3. The van der Waals surface area contributed by atoms with Crippen molar-refractivity contribution in [3.63, 3.8) is 0 Å². The van der Waals surface area contributed by atoms with Crippen molar-refractivity contribution in [2.24, 2.45) is 11.8 Å². The zero-order chi connectivity index (χ0) is 14.8. The minimum absolute atomic E-state index is 0.0109. The van der Waals surface area contributed by atoms with Gasteiger partial charge in [-0.15, -0.1) is 0 Å². The highest BCUT2D eigenvalue weighted by Crippen LogP contribution is 2.36. The zero-order valence-electron chi connectivity index (χ0n) is 12.7. The molecule has 1 aromatic carbocycles. The fourth-order valence-electron chi connectivity index (χ4n) is 2.72. The van der Waals surface area contributed by atoms with Gasteiger partial charge in [-0.25, -0.2) is 0 Å². The molecule has 0 aliphatic rings. The molecule has 0 radical (unpaired) electrons. The van der Waals surface area contributed by atoms with E-state index in [0.717, 1.165) is 16.7 Å². The van der Waals surface area contributed by atoms with Crippen LogP contribution in [-0.2, 0) is 15.1 Å². The molecule has 19 heavy (non-hydrogen) atoms. The van der Waals surface area contributed by atoms with Crippen molar-refractivity contribution >= 4 is 5.97 Å². The third-order valence-corrected chi connectivity index (χ3v) is 3.53. The molecule has 0 aliphatic carbocycles. The Morgan fingerprint density at radius 2 is 1.68 bits per heavy atom. The Morgan fingerprint density at radius 3 is 2.05 bits per heavy atom. The van der Waals surface area contributed by atoms with Crippen LogP contribution in [0.1, 0.15) is 37.5 Å². The van der Waals surface area contributed by atoms with Crippen LogP contribution in [0.15, 0.2) is 18.2 Å². The van der Waals surface area contributed by atoms with E-state index in [1.54, 1.807) is 6.92 Å². The maximum Gasteiger partial charge on any atom is 0.312 e. The molecule has 0 amide bonds. The molecule has 1 rings (SSSR count). The van der Waals surface area contributed by atoms with Gasteiger partial charge in [-0.05, 0) is 32.3 Å². The number of ether oxygens (including phenoxy) is 1. The van der Waals surface area contributed by atoms with E-state index in [2.05, 4.69) is 0 Å². The third kappa shape index (κ3) is 3.35. The first kappa shape index (κ1) is 15.7. The Morgan fingerprint density at radius 1 is 1.21 bits per heavy atom. The lowest BCUT2D eigenvalue weighted by Crippen LogP contribution is -2.41. The molecule has 106 valence electrons. The molecule has 0 heterocycles. The predicted octanol–water partition coefficient (Wildman–Crippen LogP) is 2.96. The largest absolute Gasteiger partial charge is 0.469 e. The van der Waals surface area contributed by atoms with E-state index < -0.39 is 11.5 Å². The summed E-state index contributed by atoms with van der Waals surface area (Å²) in [5.41, 5.74) is 1.66. The van der Waals surface area contributed by atoms with Crippen molar-refractivity contribution in [3.8, 4) is 0 Å². The number of aliphatic hydroxyl groups is 1. The molecule has 0 aromatic heterocycles. The Hall–Kier alpha value is -1.35. The molecule has 2 unspecified atom stereocenters. The van der Waals surface area contributed by atoms with Gasteiger partial charge in [-0.3, -0.25) is 4.79 Å². The van der Waals surface area contributed by atoms with Crippen LogP contribution in [0.3, 0.4) is 0 Å². The molecule has 0 saturated carbocycles. The summed E-state index contributed by atoms with van der Waals surface area (Å²) in [7, 11) is 1.36. The van der Waals surface area contributed by atoms with Crippen LogP contribution in [0.4, 0.5) is 0 Å². The van der Waals surface area contributed by atoms with Crippen LogP contribution in [0.25, 0.3) is 0 Å². The topological polar surface area (TPSA) is 46.5 Å². The van der Waals surface area contributed by atoms with Crippen molar-refractivity contribution in [3.05, 3.63) is 34.9 Å². The summed E-state index contributed by atoms with van der Waals surface area (Å²) in [6, 6.07) is 5.89. The van der Waals surface area contributed by atoms with Gasteiger partial charge < -0.3 is 9.84 Å². The molecule has 1 aromatic rings. The summed E-state index contributed by atoms with van der Waals surface area (Å²) in [6.07, 6.45) is 0. The van der Waals surface area contributed by atoms with Gasteiger partial charge in [0, 0.05) is 0 Å². The predicted molar refractivity (Wildman–Crippen MR) is 75.8 cm³/mol. The lowest BCUT2D eigenvalue weighted by molar-refractivity contribution is -0.159. The standard InChI is InChI=1S/C16H24O3/c1-10(2)14(15(17)19-6)16(5,18)13-8-11(3)7-12(4)9-13/h7-10,14,18H,1-6H3. The zero-order valence-corrected chi connectivity index (χ0v) is 12.7. The van der Waals surface area contributed by atoms with Gasteiger partial charge in [0.15, 0.2) is 0 Å². The number of benzene rings is 1. The fraction of sp³-hybridized carbons (Fsp3) is 0.562. The van der Waals surface area contributed by atoms with Crippen molar-refractivity contribution < 1.29 is 14.6 Å². The Kier molecular flexibility index (Phi) is 4.75. The molecule has 0 bridgehead atoms. The van der Waals surface area contributed by atoms with Crippen molar-refractivity contribution in [2.45, 2.75) is 40.2 Å². The van der Waals surface area contributed by atoms with E-state index in [1.807, 2.05) is 45.9 Å². The van der Waals surface area contributed by atoms with Gasteiger partial charge in [0.25, 0.3) is 0 Å². The van der Waals surface area contributed by atoms with E-state index in [4.69, 9.17) is 4.74 Å². The quantitative estimate of drug-likeness (QED) is 0.850.